The molecule has 1 nitrogen and oxygen atoms in total. The van der Waals surface area contributed by atoms with Gasteiger partial charge in [-0.15, -0.1) is 0 Å². The molecule has 0 aliphatic rings. The fraction of sp³-hybridized carbons (Fsp3) is 0.300. The van der Waals surface area contributed by atoms with Gasteiger partial charge in [-0.3, -0.25) is 4.79 Å². The number of aldehydes is 1. The number of carbonyl (C=O) groups is 1. The van der Waals surface area contributed by atoms with Gasteiger partial charge in [-0.25, -0.2) is 4.39 Å². The van der Waals surface area contributed by atoms with Crippen LogP contribution < -0.4 is 0 Å². The maximum Gasteiger partial charge on any atom is 0.150 e. The highest BCUT2D eigenvalue weighted by molar-refractivity contribution is 5.74. The molecule has 0 heterocycles. The van der Waals surface area contributed by atoms with Gasteiger partial charge in [-0.05, 0) is 24.3 Å². The molecule has 0 aliphatic carbocycles. The van der Waals surface area contributed by atoms with Crippen LogP contribution in [-0.2, 0) is 0 Å². The van der Waals surface area contributed by atoms with Crippen molar-refractivity contribution < 1.29 is 9.18 Å². The van der Waals surface area contributed by atoms with Gasteiger partial charge in [0, 0.05) is 5.56 Å². The average Bonchev–Trinajstić information content (AvgIpc) is 2.07. The van der Waals surface area contributed by atoms with Gasteiger partial charge in [0.25, 0.3) is 0 Å². The average molecular weight is 168 g/mol. The lowest BCUT2D eigenvalue weighted by Crippen LogP contribution is -1.77. The fourth-order valence-corrected chi connectivity index (χ4v) is 0.541. The summed E-state index contributed by atoms with van der Waals surface area (Å²) in [5, 5.41) is 0. The first-order valence-electron chi connectivity index (χ1n) is 3.95. The summed E-state index contributed by atoms with van der Waals surface area (Å²) in [5.41, 5.74) is 0.497. The van der Waals surface area contributed by atoms with Crippen LogP contribution in [0.25, 0.3) is 0 Å². The summed E-state index contributed by atoms with van der Waals surface area (Å²) in [6.07, 6.45) is 1.93. The number of hydrogen-bond acceptors (Lipinski definition) is 1. The van der Waals surface area contributed by atoms with Crippen LogP contribution in [-0.4, -0.2) is 6.29 Å². The predicted molar refractivity (Wildman–Crippen MR) is 47.8 cm³/mol. The number of halogens is 1. The summed E-state index contributed by atoms with van der Waals surface area (Å²) >= 11 is 0. The molecule has 0 radical (unpaired) electrons. The van der Waals surface area contributed by atoms with Crippen LogP contribution in [0.5, 0.6) is 0 Å². The van der Waals surface area contributed by atoms with E-state index < -0.39 is 0 Å². The zero-order chi connectivity index (χ0) is 9.40. The maximum atomic E-state index is 12.1. The van der Waals surface area contributed by atoms with E-state index in [4.69, 9.17) is 0 Å². The van der Waals surface area contributed by atoms with Crippen molar-refractivity contribution in [3.63, 3.8) is 0 Å². The second kappa shape index (κ2) is 6.53. The molecular weight excluding hydrogens is 155 g/mol. The Morgan fingerprint density at radius 3 is 2.00 bits per heavy atom. The van der Waals surface area contributed by atoms with E-state index in [1.54, 1.807) is 0 Å². The predicted octanol–water partition coefficient (Wildman–Crippen LogP) is 3.05. The molecule has 0 amide bonds. The Kier molecular flexibility index (Phi) is 5.88. The standard InChI is InChI=1S/C7H5FO.C3H8/c8-7-3-1-6(5-9)2-4-7;1-3-2/h1-5H;3H2,1-2H3. The van der Waals surface area contributed by atoms with Crippen LogP contribution in [0.3, 0.4) is 0 Å². The highest BCUT2D eigenvalue weighted by Gasteiger charge is 1.87. The number of carbonyl (C=O) groups excluding carboxylic acids is 1. The molecule has 0 atom stereocenters. The summed E-state index contributed by atoms with van der Waals surface area (Å²) in [4.78, 5) is 10.00. The zero-order valence-corrected chi connectivity index (χ0v) is 7.38. The fourth-order valence-electron chi connectivity index (χ4n) is 0.541. The molecule has 66 valence electrons. The van der Waals surface area contributed by atoms with Gasteiger partial charge in [0.2, 0.25) is 0 Å². The van der Waals surface area contributed by atoms with Crippen LogP contribution in [0.15, 0.2) is 24.3 Å². The van der Waals surface area contributed by atoms with Crippen molar-refractivity contribution in [2.75, 3.05) is 0 Å². The van der Waals surface area contributed by atoms with E-state index in [0.717, 1.165) is 0 Å². The highest BCUT2D eigenvalue weighted by Crippen LogP contribution is 1.98. The minimum atomic E-state index is -0.319. The summed E-state index contributed by atoms with van der Waals surface area (Å²) < 4.78 is 12.1. The van der Waals surface area contributed by atoms with Gasteiger partial charge < -0.3 is 0 Å². The largest absolute Gasteiger partial charge is 0.298 e. The summed E-state index contributed by atoms with van der Waals surface area (Å²) in [5.74, 6) is -0.319. The molecule has 0 aromatic heterocycles. The molecule has 1 rings (SSSR count). The maximum absolute atomic E-state index is 12.1. The third-order valence-corrected chi connectivity index (χ3v) is 1.01. The molecule has 12 heavy (non-hydrogen) atoms. The van der Waals surface area contributed by atoms with E-state index in [1.807, 2.05) is 0 Å². The van der Waals surface area contributed by atoms with Gasteiger partial charge in [-0.1, -0.05) is 20.3 Å². The van der Waals surface area contributed by atoms with Crippen molar-refractivity contribution in [1.29, 1.82) is 0 Å². The summed E-state index contributed by atoms with van der Waals surface area (Å²) in [6.45, 7) is 4.25. The monoisotopic (exact) mass is 168 g/mol. The van der Waals surface area contributed by atoms with Gasteiger partial charge in [0.15, 0.2) is 0 Å². The Morgan fingerprint density at radius 1 is 1.25 bits per heavy atom. The van der Waals surface area contributed by atoms with Crippen LogP contribution in [0, 0.1) is 5.82 Å². The second-order valence-electron chi connectivity index (χ2n) is 2.38. The Labute approximate surface area is 72.2 Å². The van der Waals surface area contributed by atoms with Gasteiger partial charge in [-0.2, -0.15) is 0 Å². The highest BCUT2D eigenvalue weighted by atomic mass is 19.1. The smallest absolute Gasteiger partial charge is 0.150 e. The third kappa shape index (κ3) is 4.61. The van der Waals surface area contributed by atoms with E-state index in [2.05, 4.69) is 13.8 Å². The first-order chi connectivity index (χ1) is 5.74. The Balaban J connectivity index is 0.000000354. The lowest BCUT2D eigenvalue weighted by Gasteiger charge is -1.86. The van der Waals surface area contributed by atoms with Crippen molar-refractivity contribution in [3.05, 3.63) is 35.6 Å². The Bertz CT molecular complexity index is 216. The lowest BCUT2D eigenvalue weighted by atomic mass is 10.2. The minimum absolute atomic E-state index is 0.319. The lowest BCUT2D eigenvalue weighted by molar-refractivity contribution is 0.112. The SMILES string of the molecule is CCC.O=Cc1ccc(F)cc1. The normalized spacial score (nSPS) is 8.25. The van der Waals surface area contributed by atoms with E-state index >= 15 is 0 Å². The first-order valence-corrected chi connectivity index (χ1v) is 3.95. The van der Waals surface area contributed by atoms with E-state index in [9.17, 15) is 9.18 Å². The Hall–Kier alpha value is -1.18. The van der Waals surface area contributed by atoms with Crippen LogP contribution in [0.1, 0.15) is 30.6 Å². The molecule has 0 bridgehead atoms. The molecule has 0 saturated carbocycles. The van der Waals surface area contributed by atoms with Gasteiger partial charge in [0.05, 0.1) is 0 Å². The number of rotatable bonds is 1. The minimum Gasteiger partial charge on any atom is -0.298 e. The Morgan fingerprint density at radius 2 is 1.67 bits per heavy atom. The number of hydrogen-bond donors (Lipinski definition) is 0. The molecule has 0 unspecified atom stereocenters. The second-order valence-corrected chi connectivity index (χ2v) is 2.38. The summed E-state index contributed by atoms with van der Waals surface area (Å²) in [6, 6.07) is 5.37. The van der Waals surface area contributed by atoms with Crippen molar-refractivity contribution in [3.8, 4) is 0 Å². The van der Waals surface area contributed by atoms with Crippen molar-refractivity contribution in [2.24, 2.45) is 0 Å². The van der Waals surface area contributed by atoms with Crippen LogP contribution in [0.2, 0.25) is 0 Å². The third-order valence-electron chi connectivity index (χ3n) is 1.01. The molecular formula is C10H13FO. The molecule has 1 aromatic rings. The van der Waals surface area contributed by atoms with Crippen molar-refractivity contribution in [2.45, 2.75) is 20.3 Å². The quantitative estimate of drug-likeness (QED) is 0.589. The van der Waals surface area contributed by atoms with Crippen molar-refractivity contribution in [1.82, 2.24) is 0 Å². The molecule has 0 spiro atoms. The van der Waals surface area contributed by atoms with Crippen molar-refractivity contribution >= 4 is 6.29 Å². The topological polar surface area (TPSA) is 17.1 Å². The van der Waals surface area contributed by atoms with E-state index in [0.29, 0.717) is 11.8 Å². The summed E-state index contributed by atoms with van der Waals surface area (Å²) in [7, 11) is 0. The molecule has 0 saturated heterocycles. The molecule has 0 N–H and O–H groups in total. The van der Waals surface area contributed by atoms with Gasteiger partial charge in [0.1, 0.15) is 12.1 Å². The zero-order valence-electron chi connectivity index (χ0n) is 7.38. The molecule has 0 aliphatic heterocycles. The van der Waals surface area contributed by atoms with Crippen LogP contribution in [0.4, 0.5) is 4.39 Å². The molecule has 2 heteroatoms. The first kappa shape index (κ1) is 10.8. The van der Waals surface area contributed by atoms with E-state index in [1.165, 1.54) is 30.7 Å². The van der Waals surface area contributed by atoms with E-state index in [-0.39, 0.29) is 5.82 Å². The number of benzene rings is 1. The molecule has 0 fully saturated rings. The van der Waals surface area contributed by atoms with Gasteiger partial charge >= 0.3 is 0 Å². The molecule has 1 aromatic carbocycles. The van der Waals surface area contributed by atoms with Crippen LogP contribution >= 0.6 is 0 Å².